The third kappa shape index (κ3) is 11.1. The monoisotopic (exact) mass is 830 g/mol. The van der Waals surface area contributed by atoms with E-state index in [9.17, 15) is 40.2 Å². The van der Waals surface area contributed by atoms with Crippen LogP contribution in [0.1, 0.15) is 71.2 Å². The lowest BCUT2D eigenvalue weighted by molar-refractivity contribution is -0.128. The first kappa shape index (κ1) is 45.9. The molecule has 4 aromatic carbocycles. The van der Waals surface area contributed by atoms with Crippen LogP contribution in [0.5, 0.6) is 23.0 Å². The Kier molecular flexibility index (Phi) is 16.7. The molecular weight excluding hydrogens is 773 g/mol. The summed E-state index contributed by atoms with van der Waals surface area (Å²) in [6.45, 7) is -0.0242. The SMILES string of the molecule is CCCOc1c2cccc1Cc1cccc(c1OCC(=O)NC(CO)(CO)CO)Cc1cccc(c1OCCC)Cc1cccc(c1OCC(=O)NC(CO)(CO)CO)C2. The molecule has 1 aliphatic carbocycles. The number of carbonyl (C=O) groups is 2. The number of ether oxygens (including phenoxy) is 4. The minimum atomic E-state index is -1.62. The van der Waals surface area contributed by atoms with Crippen LogP contribution in [0.3, 0.4) is 0 Å². The second-order valence-corrected chi connectivity index (χ2v) is 15.2. The number of amides is 2. The van der Waals surface area contributed by atoms with Crippen LogP contribution >= 0.6 is 0 Å². The van der Waals surface area contributed by atoms with E-state index < -0.39 is 75.7 Å². The molecule has 0 heterocycles. The van der Waals surface area contributed by atoms with Crippen LogP contribution in [-0.2, 0) is 35.3 Å². The van der Waals surface area contributed by atoms with Gasteiger partial charge in [-0.25, -0.2) is 0 Å². The summed E-state index contributed by atoms with van der Waals surface area (Å²) >= 11 is 0. The number of fused-ring (bicyclic) bond motifs is 8. The third-order valence-corrected chi connectivity index (χ3v) is 10.5. The van der Waals surface area contributed by atoms with Crippen molar-refractivity contribution in [2.75, 3.05) is 66.1 Å². The molecule has 60 heavy (non-hydrogen) atoms. The molecule has 5 rings (SSSR count). The molecule has 0 radical (unpaired) electrons. The summed E-state index contributed by atoms with van der Waals surface area (Å²) in [6, 6.07) is 23.4. The van der Waals surface area contributed by atoms with E-state index in [2.05, 4.69) is 10.6 Å². The number of hydrogen-bond donors (Lipinski definition) is 8. The Morgan fingerprint density at radius 3 is 0.900 bits per heavy atom. The maximum absolute atomic E-state index is 13.2. The number of rotatable bonds is 20. The van der Waals surface area contributed by atoms with Gasteiger partial charge in [-0.1, -0.05) is 86.6 Å². The summed E-state index contributed by atoms with van der Waals surface area (Å²) in [6.07, 6.45) is 2.93. The molecule has 0 saturated carbocycles. The molecule has 8 bridgehead atoms. The molecule has 0 atom stereocenters. The topological polar surface area (TPSA) is 216 Å². The first-order chi connectivity index (χ1) is 29.1. The van der Waals surface area contributed by atoms with Crippen LogP contribution in [0, 0.1) is 0 Å². The average molecular weight is 831 g/mol. The molecule has 8 N–H and O–H groups in total. The summed E-state index contributed by atoms with van der Waals surface area (Å²) in [5.41, 5.74) is 3.31. The van der Waals surface area contributed by atoms with Gasteiger partial charge in [-0.05, 0) is 57.3 Å². The van der Waals surface area contributed by atoms with E-state index in [4.69, 9.17) is 18.9 Å². The summed E-state index contributed by atoms with van der Waals surface area (Å²) in [7, 11) is 0. The van der Waals surface area contributed by atoms with E-state index in [1.54, 1.807) is 0 Å². The standard InChI is InChI=1S/C46H58N2O12/c1-3-17-57-41-31-9-5-10-32(41)20-36-14-8-16-38(44(36)60-24-40(56)48-46(28-52,29-53)30-54)22-34-12-6-11-33(42(34)58-18-4-2)21-37-15-7-13-35(19-31)43(37)59-23-39(55)47-45(25-49,26-50)27-51/h5-16,49-54H,3-4,17-30H2,1-2H3,(H,47,55)(H,48,56). The van der Waals surface area contributed by atoms with Crippen molar-refractivity contribution in [1.29, 1.82) is 0 Å². The van der Waals surface area contributed by atoms with Gasteiger partial charge >= 0.3 is 0 Å². The largest absolute Gasteiger partial charge is 0.493 e. The van der Waals surface area contributed by atoms with Gasteiger partial charge in [0.15, 0.2) is 13.2 Å². The van der Waals surface area contributed by atoms with Gasteiger partial charge < -0.3 is 60.2 Å². The highest BCUT2D eigenvalue weighted by atomic mass is 16.5. The van der Waals surface area contributed by atoms with Gasteiger partial charge in [-0.2, -0.15) is 0 Å². The smallest absolute Gasteiger partial charge is 0.258 e. The van der Waals surface area contributed by atoms with Crippen molar-refractivity contribution in [2.45, 2.75) is 63.5 Å². The normalized spacial score (nSPS) is 12.7. The minimum absolute atomic E-state index is 0.358. The van der Waals surface area contributed by atoms with Gasteiger partial charge in [0, 0.05) is 25.7 Å². The first-order valence-electron chi connectivity index (χ1n) is 20.3. The predicted molar refractivity (Wildman–Crippen MR) is 224 cm³/mol. The Balaban J connectivity index is 1.65. The van der Waals surface area contributed by atoms with Crippen LogP contribution in [0.15, 0.2) is 72.8 Å². The van der Waals surface area contributed by atoms with Crippen LogP contribution in [0.4, 0.5) is 0 Å². The maximum Gasteiger partial charge on any atom is 0.258 e. The van der Waals surface area contributed by atoms with Gasteiger partial charge in [-0.15, -0.1) is 0 Å². The van der Waals surface area contributed by atoms with E-state index in [1.165, 1.54) is 0 Å². The lowest BCUT2D eigenvalue weighted by Gasteiger charge is -2.29. The number of aliphatic hydroxyl groups is 6. The van der Waals surface area contributed by atoms with E-state index in [1.807, 2.05) is 86.6 Å². The lowest BCUT2D eigenvalue weighted by atomic mass is 9.91. The van der Waals surface area contributed by atoms with Crippen molar-refractivity contribution in [2.24, 2.45) is 0 Å². The zero-order valence-electron chi connectivity index (χ0n) is 34.4. The fraction of sp³-hybridized carbons (Fsp3) is 0.435. The van der Waals surface area contributed by atoms with Crippen molar-refractivity contribution in [3.05, 3.63) is 117 Å². The first-order valence-corrected chi connectivity index (χ1v) is 20.3. The number of hydrogen-bond acceptors (Lipinski definition) is 12. The number of benzene rings is 4. The number of carbonyl (C=O) groups excluding carboxylic acids is 2. The van der Waals surface area contributed by atoms with E-state index in [-0.39, 0.29) is 0 Å². The average Bonchev–Trinajstić information content (AvgIpc) is 3.26. The molecule has 324 valence electrons. The zero-order chi connectivity index (χ0) is 43.1. The molecule has 14 nitrogen and oxygen atoms in total. The summed E-state index contributed by atoms with van der Waals surface area (Å²) < 4.78 is 25.7. The maximum atomic E-state index is 13.2. The minimum Gasteiger partial charge on any atom is -0.493 e. The number of aliphatic hydroxyl groups excluding tert-OH is 6. The summed E-state index contributed by atoms with van der Waals surface area (Å²) in [5, 5.41) is 64.0. The van der Waals surface area contributed by atoms with Crippen molar-refractivity contribution < 1.29 is 59.2 Å². The highest BCUT2D eigenvalue weighted by Crippen LogP contribution is 2.39. The fourth-order valence-electron chi connectivity index (χ4n) is 7.11. The van der Waals surface area contributed by atoms with Gasteiger partial charge in [-0.3, -0.25) is 9.59 Å². The Bertz CT molecular complexity index is 1800. The molecule has 0 aliphatic heterocycles. The Labute approximate surface area is 350 Å². The molecule has 2 amide bonds. The molecule has 0 saturated heterocycles. The van der Waals surface area contributed by atoms with Gasteiger partial charge in [0.05, 0.1) is 52.9 Å². The van der Waals surface area contributed by atoms with E-state index >= 15 is 0 Å². The highest BCUT2D eigenvalue weighted by molar-refractivity contribution is 5.79. The quantitative estimate of drug-likeness (QED) is 0.0568. The molecule has 0 spiro atoms. The second kappa shape index (κ2) is 21.9. The van der Waals surface area contributed by atoms with Crippen molar-refractivity contribution in [3.8, 4) is 23.0 Å². The highest BCUT2D eigenvalue weighted by Gasteiger charge is 2.32. The molecule has 0 unspecified atom stereocenters. The van der Waals surface area contributed by atoms with Gasteiger partial charge in [0.1, 0.15) is 34.1 Å². The van der Waals surface area contributed by atoms with E-state index in [0.29, 0.717) is 61.9 Å². The Morgan fingerprint density at radius 2 is 0.683 bits per heavy atom. The number of para-hydroxylation sites is 4. The van der Waals surface area contributed by atoms with Crippen LogP contribution in [-0.4, -0.2) is 120 Å². The molecular formula is C46H58N2O12. The second-order valence-electron chi connectivity index (χ2n) is 15.2. The Morgan fingerprint density at radius 1 is 0.450 bits per heavy atom. The van der Waals surface area contributed by atoms with Crippen LogP contribution < -0.4 is 29.6 Å². The van der Waals surface area contributed by atoms with Crippen LogP contribution in [0.25, 0.3) is 0 Å². The van der Waals surface area contributed by atoms with E-state index in [0.717, 1.165) is 57.3 Å². The molecule has 0 aromatic heterocycles. The fourth-order valence-corrected chi connectivity index (χ4v) is 7.11. The molecule has 14 heteroatoms. The molecule has 4 aromatic rings. The third-order valence-electron chi connectivity index (χ3n) is 10.5. The summed E-state index contributed by atoms with van der Waals surface area (Å²) in [4.78, 5) is 26.4. The van der Waals surface area contributed by atoms with Gasteiger partial charge in [0.2, 0.25) is 0 Å². The number of nitrogens with one attached hydrogen (secondary N) is 2. The Hall–Kier alpha value is -5.22. The predicted octanol–water partition coefficient (Wildman–Crippen LogP) is 2.36. The van der Waals surface area contributed by atoms with Gasteiger partial charge in [0.25, 0.3) is 11.8 Å². The lowest BCUT2D eigenvalue weighted by Crippen LogP contribution is -2.58. The van der Waals surface area contributed by atoms with Crippen molar-refractivity contribution >= 4 is 11.8 Å². The van der Waals surface area contributed by atoms with Crippen molar-refractivity contribution in [3.63, 3.8) is 0 Å². The molecule has 1 aliphatic rings. The zero-order valence-corrected chi connectivity index (χ0v) is 34.4. The molecule has 0 fully saturated rings. The summed E-state index contributed by atoms with van der Waals surface area (Å²) in [5.74, 6) is 1.04. The van der Waals surface area contributed by atoms with Crippen LogP contribution in [0.2, 0.25) is 0 Å². The van der Waals surface area contributed by atoms with Crippen molar-refractivity contribution in [1.82, 2.24) is 10.6 Å².